The lowest BCUT2D eigenvalue weighted by atomic mass is 9.66. The van der Waals surface area contributed by atoms with Crippen molar-refractivity contribution in [1.29, 1.82) is 0 Å². The number of carbonyl (C=O) groups is 3. The average molecular weight is 444 g/mol. The summed E-state index contributed by atoms with van der Waals surface area (Å²) in [6.45, 7) is 1.54. The number of hydrogen-bond acceptors (Lipinski definition) is 10. The molecule has 0 saturated carbocycles. The molecule has 0 radical (unpaired) electrons. The van der Waals surface area contributed by atoms with Gasteiger partial charge in [0.05, 0.1) is 41.1 Å². The maximum atomic E-state index is 13.2. The monoisotopic (exact) mass is 444 g/mol. The van der Waals surface area contributed by atoms with Crippen LogP contribution in [-0.4, -0.2) is 60.9 Å². The summed E-state index contributed by atoms with van der Waals surface area (Å²) < 4.78 is 4.76. The standard InChI is InChI=1S/C22H20O10/c1-3-22(31)6-9(25)12-13(16(22)21(30)32-2)20(29)15-14(19(12)28)17(26)10-7(23)4-5-8(24)11(10)18(15)27/h4-5,9,16,23-25,28-29,31H,3,6H2,1-2H3. The Kier molecular flexibility index (Phi) is 4.68. The second-order valence-corrected chi connectivity index (χ2v) is 7.92. The van der Waals surface area contributed by atoms with Crippen molar-refractivity contribution in [2.75, 3.05) is 7.11 Å². The molecule has 32 heavy (non-hydrogen) atoms. The van der Waals surface area contributed by atoms with Crippen LogP contribution in [0.2, 0.25) is 0 Å². The van der Waals surface area contributed by atoms with E-state index in [2.05, 4.69) is 0 Å². The molecule has 0 spiro atoms. The van der Waals surface area contributed by atoms with Gasteiger partial charge in [0, 0.05) is 17.5 Å². The van der Waals surface area contributed by atoms with Crippen LogP contribution in [0.3, 0.4) is 0 Å². The first-order valence-corrected chi connectivity index (χ1v) is 9.74. The quantitative estimate of drug-likeness (QED) is 0.247. The van der Waals surface area contributed by atoms with Crippen molar-refractivity contribution >= 4 is 17.5 Å². The van der Waals surface area contributed by atoms with Crippen LogP contribution in [0.4, 0.5) is 0 Å². The van der Waals surface area contributed by atoms with Gasteiger partial charge in [-0.1, -0.05) is 6.92 Å². The molecule has 2 aliphatic rings. The van der Waals surface area contributed by atoms with E-state index < -0.39 is 98.0 Å². The van der Waals surface area contributed by atoms with Gasteiger partial charge in [0.1, 0.15) is 28.9 Å². The summed E-state index contributed by atoms with van der Waals surface area (Å²) in [7, 11) is 1.05. The Balaban J connectivity index is 2.13. The highest BCUT2D eigenvalue weighted by atomic mass is 16.5. The molecule has 0 aromatic heterocycles. The molecule has 3 unspecified atom stereocenters. The minimum atomic E-state index is -1.89. The summed E-state index contributed by atoms with van der Waals surface area (Å²) in [5.41, 5.74) is -5.31. The van der Waals surface area contributed by atoms with E-state index in [0.717, 1.165) is 19.2 Å². The number of aromatic hydroxyl groups is 4. The van der Waals surface area contributed by atoms with Crippen LogP contribution in [0.1, 0.15) is 74.8 Å². The molecule has 10 nitrogen and oxygen atoms in total. The summed E-state index contributed by atoms with van der Waals surface area (Å²) in [5, 5.41) is 64.0. The molecule has 0 fully saturated rings. The Hall–Kier alpha value is -3.63. The van der Waals surface area contributed by atoms with Gasteiger partial charge in [-0.15, -0.1) is 0 Å². The van der Waals surface area contributed by atoms with Crippen molar-refractivity contribution in [3.8, 4) is 23.0 Å². The molecular formula is C22H20O10. The topological polar surface area (TPSA) is 182 Å². The molecule has 0 bridgehead atoms. The number of ether oxygens (including phenoxy) is 1. The predicted molar refractivity (Wildman–Crippen MR) is 106 cm³/mol. The van der Waals surface area contributed by atoms with Crippen molar-refractivity contribution in [2.45, 2.75) is 37.4 Å². The molecule has 2 aromatic carbocycles. The molecular weight excluding hydrogens is 424 g/mol. The van der Waals surface area contributed by atoms with Gasteiger partial charge in [-0.3, -0.25) is 14.4 Å². The molecule has 10 heteroatoms. The van der Waals surface area contributed by atoms with E-state index in [1.807, 2.05) is 0 Å². The highest BCUT2D eigenvalue weighted by molar-refractivity contribution is 6.32. The molecule has 3 atom stereocenters. The van der Waals surface area contributed by atoms with Crippen molar-refractivity contribution in [3.63, 3.8) is 0 Å². The van der Waals surface area contributed by atoms with Gasteiger partial charge >= 0.3 is 5.97 Å². The molecule has 0 heterocycles. The van der Waals surface area contributed by atoms with E-state index in [-0.39, 0.29) is 6.42 Å². The van der Waals surface area contributed by atoms with Crippen LogP contribution in [0, 0.1) is 0 Å². The van der Waals surface area contributed by atoms with Crippen molar-refractivity contribution in [1.82, 2.24) is 0 Å². The van der Waals surface area contributed by atoms with Gasteiger partial charge in [-0.25, -0.2) is 0 Å². The van der Waals surface area contributed by atoms with E-state index >= 15 is 0 Å². The van der Waals surface area contributed by atoms with Crippen LogP contribution in [0.15, 0.2) is 12.1 Å². The summed E-state index contributed by atoms with van der Waals surface area (Å²) in [6.07, 6.45) is -2.08. The predicted octanol–water partition coefficient (Wildman–Crippen LogP) is 1.12. The Morgan fingerprint density at radius 2 is 1.44 bits per heavy atom. The Morgan fingerprint density at radius 3 is 1.88 bits per heavy atom. The van der Waals surface area contributed by atoms with Crippen LogP contribution in [0.25, 0.3) is 0 Å². The number of aliphatic hydroxyl groups excluding tert-OH is 1. The first kappa shape index (κ1) is 21.6. The normalized spacial score (nSPS) is 23.9. The zero-order valence-corrected chi connectivity index (χ0v) is 17.0. The number of methoxy groups -OCH3 is 1. The second kappa shape index (κ2) is 6.94. The fourth-order valence-corrected chi connectivity index (χ4v) is 4.75. The van der Waals surface area contributed by atoms with E-state index in [9.17, 15) is 45.0 Å². The minimum Gasteiger partial charge on any atom is -0.507 e. The third-order valence-corrected chi connectivity index (χ3v) is 6.35. The lowest BCUT2D eigenvalue weighted by Crippen LogP contribution is -2.46. The van der Waals surface area contributed by atoms with Crippen LogP contribution in [0.5, 0.6) is 23.0 Å². The fourth-order valence-electron chi connectivity index (χ4n) is 4.75. The molecule has 168 valence electrons. The average Bonchev–Trinajstić information content (AvgIpc) is 2.75. The zero-order valence-electron chi connectivity index (χ0n) is 17.0. The fraction of sp³-hybridized carbons (Fsp3) is 0.318. The maximum absolute atomic E-state index is 13.2. The molecule has 0 amide bonds. The number of carbonyl (C=O) groups excluding carboxylic acids is 3. The summed E-state index contributed by atoms with van der Waals surface area (Å²) in [6, 6.07) is 1.97. The summed E-state index contributed by atoms with van der Waals surface area (Å²) in [5.74, 6) is -7.82. The van der Waals surface area contributed by atoms with Crippen molar-refractivity contribution in [3.05, 3.63) is 45.5 Å². The third-order valence-electron chi connectivity index (χ3n) is 6.35. The highest BCUT2D eigenvalue weighted by Gasteiger charge is 2.53. The van der Waals surface area contributed by atoms with Gasteiger partial charge < -0.3 is 35.4 Å². The largest absolute Gasteiger partial charge is 0.507 e. The zero-order chi connectivity index (χ0) is 23.7. The number of rotatable bonds is 2. The third kappa shape index (κ3) is 2.56. The van der Waals surface area contributed by atoms with E-state index in [0.29, 0.717) is 0 Å². The molecule has 4 rings (SSSR count). The molecule has 0 saturated heterocycles. The number of ketones is 2. The molecule has 2 aliphatic carbocycles. The Bertz CT molecular complexity index is 1210. The van der Waals surface area contributed by atoms with Crippen molar-refractivity contribution in [2.24, 2.45) is 0 Å². The van der Waals surface area contributed by atoms with Crippen LogP contribution < -0.4 is 0 Å². The van der Waals surface area contributed by atoms with E-state index in [4.69, 9.17) is 4.74 Å². The highest BCUT2D eigenvalue weighted by Crippen LogP contribution is 2.56. The number of phenolic OH excluding ortho intramolecular Hbond substituents is 4. The van der Waals surface area contributed by atoms with Crippen LogP contribution >= 0.6 is 0 Å². The number of fused-ring (bicyclic) bond motifs is 3. The van der Waals surface area contributed by atoms with Gasteiger partial charge in [0.2, 0.25) is 11.6 Å². The second-order valence-electron chi connectivity index (χ2n) is 7.92. The first-order chi connectivity index (χ1) is 15.0. The molecule has 6 N–H and O–H groups in total. The number of esters is 1. The van der Waals surface area contributed by atoms with Crippen LogP contribution in [-0.2, 0) is 9.53 Å². The summed E-state index contributed by atoms with van der Waals surface area (Å²) >= 11 is 0. The van der Waals surface area contributed by atoms with Crippen molar-refractivity contribution < 1.29 is 49.8 Å². The van der Waals surface area contributed by atoms with Gasteiger partial charge in [0.25, 0.3) is 0 Å². The lowest BCUT2D eigenvalue weighted by Gasteiger charge is -2.42. The Morgan fingerprint density at radius 1 is 0.969 bits per heavy atom. The number of benzene rings is 2. The lowest BCUT2D eigenvalue weighted by molar-refractivity contribution is -0.153. The smallest absolute Gasteiger partial charge is 0.316 e. The molecule has 2 aromatic rings. The van der Waals surface area contributed by atoms with E-state index in [1.54, 1.807) is 0 Å². The van der Waals surface area contributed by atoms with Gasteiger partial charge in [-0.05, 0) is 18.6 Å². The minimum absolute atomic E-state index is 0.0507. The number of hydrogen-bond donors (Lipinski definition) is 6. The SMILES string of the molecule is CCC1(O)CC(O)c2c(O)c3c(c(O)c2C1C(=O)OC)C(=O)c1c(O)ccc(O)c1C3=O. The summed E-state index contributed by atoms with van der Waals surface area (Å²) in [4.78, 5) is 38.9. The Labute approximate surface area is 180 Å². The number of phenols is 4. The molecule has 0 aliphatic heterocycles. The maximum Gasteiger partial charge on any atom is 0.316 e. The van der Waals surface area contributed by atoms with E-state index in [1.165, 1.54) is 6.92 Å². The number of aliphatic hydroxyl groups is 2. The van der Waals surface area contributed by atoms with Gasteiger partial charge in [0.15, 0.2) is 0 Å². The van der Waals surface area contributed by atoms with Gasteiger partial charge in [-0.2, -0.15) is 0 Å². The first-order valence-electron chi connectivity index (χ1n) is 9.74.